The van der Waals surface area contributed by atoms with Crippen LogP contribution in [0.4, 0.5) is 10.1 Å². The maximum absolute atomic E-state index is 13.2. The minimum atomic E-state index is -0.559. The third-order valence-corrected chi connectivity index (χ3v) is 3.35. The number of hydrogen-bond donors (Lipinski definition) is 2. The monoisotopic (exact) mass is 238 g/mol. The second kappa shape index (κ2) is 4.63. The average Bonchev–Trinajstić information content (AvgIpc) is 2.69. The summed E-state index contributed by atoms with van der Waals surface area (Å²) in [5.41, 5.74) is 7.49. The summed E-state index contributed by atoms with van der Waals surface area (Å²) in [5.74, 6) is -0.201. The molecule has 0 spiro atoms. The number of fused-ring (bicyclic) bond motifs is 1. The summed E-state index contributed by atoms with van der Waals surface area (Å²) >= 11 is 0. The van der Waals surface area contributed by atoms with Gasteiger partial charge in [-0.1, -0.05) is 6.07 Å². The molecule has 1 heterocycles. The Bertz CT molecular complexity index is 406. The van der Waals surface area contributed by atoms with Crippen LogP contribution in [0.3, 0.4) is 0 Å². The molecule has 0 bridgehead atoms. The molecule has 2 rings (SSSR count). The average molecular weight is 238 g/mol. The van der Waals surface area contributed by atoms with Gasteiger partial charge in [0.25, 0.3) is 0 Å². The molecule has 0 radical (unpaired) electrons. The molecular weight excluding hydrogens is 219 g/mol. The van der Waals surface area contributed by atoms with Crippen LogP contribution in [-0.2, 0) is 6.42 Å². The van der Waals surface area contributed by atoms with Crippen molar-refractivity contribution in [1.29, 1.82) is 0 Å². The molecule has 1 aromatic rings. The summed E-state index contributed by atoms with van der Waals surface area (Å²) in [6.45, 7) is 3.46. The van der Waals surface area contributed by atoms with E-state index in [1.165, 1.54) is 11.6 Å². The van der Waals surface area contributed by atoms with E-state index in [-0.39, 0.29) is 12.4 Å². The number of nitrogens with zero attached hydrogens (tertiary/aromatic N) is 1. The summed E-state index contributed by atoms with van der Waals surface area (Å²) in [6, 6.07) is 4.93. The van der Waals surface area contributed by atoms with Crippen molar-refractivity contribution in [2.75, 3.05) is 24.6 Å². The molecule has 17 heavy (non-hydrogen) atoms. The largest absolute Gasteiger partial charge is 0.394 e. The van der Waals surface area contributed by atoms with Crippen LogP contribution in [0.1, 0.15) is 18.9 Å². The molecule has 0 aromatic heterocycles. The summed E-state index contributed by atoms with van der Waals surface area (Å²) in [6.07, 6.45) is 1.65. The van der Waals surface area contributed by atoms with Gasteiger partial charge in [-0.2, -0.15) is 0 Å². The van der Waals surface area contributed by atoms with Gasteiger partial charge in [-0.25, -0.2) is 4.39 Å². The van der Waals surface area contributed by atoms with E-state index in [1.807, 2.05) is 13.0 Å². The fourth-order valence-corrected chi connectivity index (χ4v) is 2.12. The Labute approximate surface area is 101 Å². The zero-order chi connectivity index (χ0) is 12.5. The van der Waals surface area contributed by atoms with Gasteiger partial charge in [-0.05, 0) is 37.5 Å². The number of aliphatic hydroxyl groups is 1. The van der Waals surface area contributed by atoms with E-state index >= 15 is 0 Å². The summed E-state index contributed by atoms with van der Waals surface area (Å²) in [5, 5.41) is 9.10. The van der Waals surface area contributed by atoms with Gasteiger partial charge >= 0.3 is 0 Å². The van der Waals surface area contributed by atoms with E-state index in [1.54, 1.807) is 6.07 Å². The van der Waals surface area contributed by atoms with Crippen molar-refractivity contribution in [3.8, 4) is 0 Å². The third kappa shape index (κ3) is 2.76. The molecule has 3 N–H and O–H groups in total. The van der Waals surface area contributed by atoms with E-state index in [0.29, 0.717) is 6.42 Å². The van der Waals surface area contributed by atoms with Crippen molar-refractivity contribution in [1.82, 2.24) is 0 Å². The fraction of sp³-hybridized carbons (Fsp3) is 0.538. The second-order valence-electron chi connectivity index (χ2n) is 5.07. The molecule has 0 saturated carbocycles. The van der Waals surface area contributed by atoms with Crippen LogP contribution in [0.5, 0.6) is 0 Å². The molecule has 1 unspecified atom stereocenters. The molecule has 3 nitrogen and oxygen atoms in total. The summed E-state index contributed by atoms with van der Waals surface area (Å²) < 4.78 is 13.2. The van der Waals surface area contributed by atoms with E-state index in [4.69, 9.17) is 10.8 Å². The molecule has 0 amide bonds. The molecule has 0 saturated heterocycles. The number of benzene rings is 1. The molecule has 0 fully saturated rings. The van der Waals surface area contributed by atoms with Gasteiger partial charge in [0.1, 0.15) is 5.82 Å². The molecule has 0 aliphatic carbocycles. The number of hydrogen-bond acceptors (Lipinski definition) is 3. The SMILES string of the molecule is CC(N)(CO)CCN1CCc2ccc(F)cc21. The number of nitrogens with two attached hydrogens (primary N) is 1. The Morgan fingerprint density at radius 2 is 2.29 bits per heavy atom. The van der Waals surface area contributed by atoms with Crippen molar-refractivity contribution in [3.05, 3.63) is 29.6 Å². The lowest BCUT2D eigenvalue weighted by atomic mass is 10.0. The highest BCUT2D eigenvalue weighted by Crippen LogP contribution is 2.29. The van der Waals surface area contributed by atoms with Crippen molar-refractivity contribution in [2.45, 2.75) is 25.3 Å². The number of aliphatic hydroxyl groups excluding tert-OH is 1. The van der Waals surface area contributed by atoms with Crippen LogP contribution < -0.4 is 10.6 Å². The van der Waals surface area contributed by atoms with Crippen LogP contribution in [0, 0.1) is 5.82 Å². The van der Waals surface area contributed by atoms with Crippen molar-refractivity contribution >= 4 is 5.69 Å². The number of rotatable bonds is 4. The third-order valence-electron chi connectivity index (χ3n) is 3.35. The van der Waals surface area contributed by atoms with E-state index in [2.05, 4.69) is 4.90 Å². The van der Waals surface area contributed by atoms with Crippen LogP contribution in [0.15, 0.2) is 18.2 Å². The Balaban J connectivity index is 2.04. The predicted molar refractivity (Wildman–Crippen MR) is 66.6 cm³/mol. The fourth-order valence-electron chi connectivity index (χ4n) is 2.12. The predicted octanol–water partition coefficient (Wildman–Crippen LogP) is 1.29. The minimum Gasteiger partial charge on any atom is -0.394 e. The highest BCUT2D eigenvalue weighted by Gasteiger charge is 2.23. The number of anilines is 1. The van der Waals surface area contributed by atoms with Crippen molar-refractivity contribution in [2.24, 2.45) is 5.73 Å². The van der Waals surface area contributed by atoms with Crippen LogP contribution >= 0.6 is 0 Å². The normalized spacial score (nSPS) is 18.0. The summed E-state index contributed by atoms with van der Waals surface area (Å²) in [7, 11) is 0. The Morgan fingerprint density at radius 1 is 1.53 bits per heavy atom. The first-order valence-corrected chi connectivity index (χ1v) is 5.95. The van der Waals surface area contributed by atoms with Crippen molar-refractivity contribution in [3.63, 3.8) is 0 Å². The topological polar surface area (TPSA) is 49.5 Å². The van der Waals surface area contributed by atoms with Crippen LogP contribution in [0.2, 0.25) is 0 Å². The Morgan fingerprint density at radius 3 is 3.00 bits per heavy atom. The van der Waals surface area contributed by atoms with Gasteiger partial charge in [-0.15, -0.1) is 0 Å². The van der Waals surface area contributed by atoms with Gasteiger partial charge in [0.05, 0.1) is 6.61 Å². The molecular formula is C13H19FN2O. The van der Waals surface area contributed by atoms with Gasteiger partial charge in [-0.3, -0.25) is 0 Å². The van der Waals surface area contributed by atoms with Crippen LogP contribution in [-0.4, -0.2) is 30.3 Å². The lowest BCUT2D eigenvalue weighted by Crippen LogP contribution is -2.43. The first kappa shape index (κ1) is 12.3. The van der Waals surface area contributed by atoms with E-state index in [0.717, 1.165) is 25.2 Å². The van der Waals surface area contributed by atoms with Gasteiger partial charge < -0.3 is 15.7 Å². The first-order chi connectivity index (χ1) is 8.02. The zero-order valence-electron chi connectivity index (χ0n) is 10.1. The highest BCUT2D eigenvalue weighted by atomic mass is 19.1. The van der Waals surface area contributed by atoms with Gasteiger partial charge in [0, 0.05) is 24.3 Å². The smallest absolute Gasteiger partial charge is 0.125 e. The van der Waals surface area contributed by atoms with E-state index < -0.39 is 5.54 Å². The van der Waals surface area contributed by atoms with Gasteiger partial charge in [0.2, 0.25) is 0 Å². The van der Waals surface area contributed by atoms with E-state index in [9.17, 15) is 4.39 Å². The lowest BCUT2D eigenvalue weighted by molar-refractivity contribution is 0.202. The Hall–Kier alpha value is -1.13. The van der Waals surface area contributed by atoms with Gasteiger partial charge in [0.15, 0.2) is 0 Å². The Kier molecular flexibility index (Phi) is 3.35. The standard InChI is InChI=1S/C13H19FN2O/c1-13(15,9-17)5-7-16-6-4-10-2-3-11(14)8-12(10)16/h2-3,8,17H,4-7,9,15H2,1H3. The molecule has 4 heteroatoms. The lowest BCUT2D eigenvalue weighted by Gasteiger charge is -2.26. The molecule has 1 atom stereocenters. The van der Waals surface area contributed by atoms with Crippen molar-refractivity contribution < 1.29 is 9.50 Å². The maximum atomic E-state index is 13.2. The molecule has 94 valence electrons. The van der Waals surface area contributed by atoms with Crippen LogP contribution in [0.25, 0.3) is 0 Å². The summed E-state index contributed by atoms with van der Waals surface area (Å²) in [4.78, 5) is 2.14. The molecule has 1 aliphatic rings. The molecule has 1 aromatic carbocycles. The quantitative estimate of drug-likeness (QED) is 0.831. The first-order valence-electron chi connectivity index (χ1n) is 5.95. The minimum absolute atomic E-state index is 0.0309. The second-order valence-corrected chi connectivity index (χ2v) is 5.07. The highest BCUT2D eigenvalue weighted by molar-refractivity contribution is 5.58. The maximum Gasteiger partial charge on any atom is 0.125 e. The number of halogens is 1. The molecule has 1 aliphatic heterocycles. The zero-order valence-corrected chi connectivity index (χ0v) is 10.1.